The Morgan fingerprint density at radius 2 is 2.09 bits per heavy atom. The van der Waals surface area contributed by atoms with Crippen molar-refractivity contribution < 1.29 is 13.9 Å². The molecule has 1 heterocycles. The van der Waals surface area contributed by atoms with E-state index in [2.05, 4.69) is 20.8 Å². The van der Waals surface area contributed by atoms with Gasteiger partial charge in [0, 0.05) is 6.07 Å². The summed E-state index contributed by atoms with van der Waals surface area (Å²) >= 11 is 0. The molecule has 1 amide bonds. The average Bonchev–Trinajstić information content (AvgIpc) is 3.02. The highest BCUT2D eigenvalue weighted by Gasteiger charge is 2.10. The van der Waals surface area contributed by atoms with Crippen molar-refractivity contribution in [1.82, 2.24) is 20.2 Å². The maximum absolute atomic E-state index is 13.2. The largest absolute Gasteiger partial charge is 0.455 e. The maximum atomic E-state index is 13.2. The lowest BCUT2D eigenvalue weighted by atomic mass is 10.2. The minimum atomic E-state index is -0.400. The Kier molecular flexibility index (Phi) is 4.23. The topological polar surface area (TPSA) is 81.9 Å². The van der Waals surface area contributed by atoms with Gasteiger partial charge in [-0.05, 0) is 34.7 Å². The molecule has 0 radical (unpaired) electrons. The first kappa shape index (κ1) is 14.6. The smallest absolute Gasteiger partial charge is 0.246 e. The van der Waals surface area contributed by atoms with E-state index in [4.69, 9.17) is 4.74 Å². The molecule has 0 fully saturated rings. The Labute approximate surface area is 130 Å². The maximum Gasteiger partial charge on any atom is 0.246 e. The zero-order chi connectivity index (χ0) is 16.1. The van der Waals surface area contributed by atoms with Gasteiger partial charge >= 0.3 is 0 Å². The van der Waals surface area contributed by atoms with Gasteiger partial charge in [-0.15, -0.1) is 5.10 Å². The molecule has 0 saturated heterocycles. The number of nitrogens with zero attached hydrogens (tertiary/aromatic N) is 4. The van der Waals surface area contributed by atoms with Gasteiger partial charge in [0.05, 0.1) is 5.69 Å². The normalized spacial score (nSPS) is 10.3. The van der Waals surface area contributed by atoms with Crippen LogP contribution in [0.15, 0.2) is 54.9 Å². The van der Waals surface area contributed by atoms with Crippen molar-refractivity contribution in [3.05, 3.63) is 60.7 Å². The third-order valence-corrected chi connectivity index (χ3v) is 2.88. The standard InChI is InChI=1S/C15H12FN5O2/c16-11-4-3-5-12(8-11)23-14-7-2-1-6-13(14)18-15(22)9-21-10-17-19-20-21/h1-8,10H,9H2,(H,18,22). The van der Waals surface area contributed by atoms with Crippen LogP contribution in [-0.2, 0) is 11.3 Å². The molecule has 116 valence electrons. The molecular weight excluding hydrogens is 301 g/mol. The number of nitrogens with one attached hydrogen (secondary N) is 1. The molecule has 23 heavy (non-hydrogen) atoms. The number of halogens is 1. The molecule has 0 aliphatic heterocycles. The first-order valence-corrected chi connectivity index (χ1v) is 6.74. The Morgan fingerprint density at radius 1 is 1.22 bits per heavy atom. The van der Waals surface area contributed by atoms with Gasteiger partial charge in [0.15, 0.2) is 5.75 Å². The summed E-state index contributed by atoms with van der Waals surface area (Å²) in [5, 5.41) is 13.2. The predicted octanol–water partition coefficient (Wildman–Crippen LogP) is 2.24. The van der Waals surface area contributed by atoms with Gasteiger partial charge < -0.3 is 10.1 Å². The average molecular weight is 313 g/mol. The zero-order valence-electron chi connectivity index (χ0n) is 11.9. The molecule has 0 unspecified atom stereocenters. The fourth-order valence-corrected chi connectivity index (χ4v) is 1.91. The molecule has 2 aromatic carbocycles. The van der Waals surface area contributed by atoms with Gasteiger partial charge in [-0.1, -0.05) is 18.2 Å². The van der Waals surface area contributed by atoms with Gasteiger partial charge in [-0.25, -0.2) is 9.07 Å². The Morgan fingerprint density at radius 3 is 2.87 bits per heavy atom. The van der Waals surface area contributed by atoms with Crippen LogP contribution in [0.2, 0.25) is 0 Å². The van der Waals surface area contributed by atoms with Crippen molar-refractivity contribution in [2.45, 2.75) is 6.54 Å². The summed E-state index contributed by atoms with van der Waals surface area (Å²) in [7, 11) is 0. The summed E-state index contributed by atoms with van der Waals surface area (Å²) < 4.78 is 20.1. The highest BCUT2D eigenvalue weighted by molar-refractivity contribution is 5.92. The molecule has 8 heteroatoms. The van der Waals surface area contributed by atoms with E-state index in [-0.39, 0.29) is 12.5 Å². The number of amides is 1. The molecule has 1 N–H and O–H groups in total. The SMILES string of the molecule is O=C(Cn1cnnn1)Nc1ccccc1Oc1cccc(F)c1. The third kappa shape index (κ3) is 3.88. The number of hydrogen-bond donors (Lipinski definition) is 1. The number of para-hydroxylation sites is 2. The lowest BCUT2D eigenvalue weighted by Gasteiger charge is -2.12. The van der Waals surface area contributed by atoms with Crippen LogP contribution >= 0.6 is 0 Å². The van der Waals surface area contributed by atoms with Crippen molar-refractivity contribution in [1.29, 1.82) is 0 Å². The second-order valence-corrected chi connectivity index (χ2v) is 4.61. The van der Waals surface area contributed by atoms with E-state index >= 15 is 0 Å². The molecule has 0 spiro atoms. The summed E-state index contributed by atoms with van der Waals surface area (Å²) in [4.78, 5) is 12.0. The van der Waals surface area contributed by atoms with E-state index in [1.54, 1.807) is 36.4 Å². The lowest BCUT2D eigenvalue weighted by Crippen LogP contribution is -2.19. The van der Waals surface area contributed by atoms with E-state index in [1.807, 2.05) is 0 Å². The summed E-state index contributed by atoms with van der Waals surface area (Å²) in [6, 6.07) is 12.6. The fourth-order valence-electron chi connectivity index (χ4n) is 1.91. The molecule has 0 saturated carbocycles. The highest BCUT2D eigenvalue weighted by atomic mass is 19.1. The van der Waals surface area contributed by atoms with Crippen LogP contribution in [0.3, 0.4) is 0 Å². The molecule has 0 bridgehead atoms. The molecule has 7 nitrogen and oxygen atoms in total. The Balaban J connectivity index is 1.74. The number of carbonyl (C=O) groups excluding carboxylic acids is 1. The van der Waals surface area contributed by atoms with Gasteiger partial charge in [0.25, 0.3) is 0 Å². The first-order valence-electron chi connectivity index (χ1n) is 6.74. The molecule has 1 aromatic heterocycles. The van der Waals surface area contributed by atoms with E-state index in [1.165, 1.54) is 23.1 Å². The number of ether oxygens (including phenoxy) is 1. The van der Waals surface area contributed by atoms with Gasteiger partial charge in [-0.2, -0.15) is 0 Å². The quantitative estimate of drug-likeness (QED) is 0.781. The number of tetrazole rings is 1. The van der Waals surface area contributed by atoms with Crippen LogP contribution in [0.5, 0.6) is 11.5 Å². The van der Waals surface area contributed by atoms with Gasteiger partial charge in [-0.3, -0.25) is 4.79 Å². The van der Waals surface area contributed by atoms with E-state index < -0.39 is 5.82 Å². The summed E-state index contributed by atoms with van der Waals surface area (Å²) in [5.41, 5.74) is 0.467. The molecule has 0 aliphatic rings. The van der Waals surface area contributed by atoms with E-state index in [0.717, 1.165) is 0 Å². The van der Waals surface area contributed by atoms with Crippen molar-refractivity contribution in [2.24, 2.45) is 0 Å². The Bertz CT molecular complexity index is 807. The van der Waals surface area contributed by atoms with E-state index in [0.29, 0.717) is 17.2 Å². The minimum absolute atomic E-state index is 0.0265. The van der Waals surface area contributed by atoms with Gasteiger partial charge in [0.1, 0.15) is 24.4 Å². The molecular formula is C15H12FN5O2. The number of rotatable bonds is 5. The number of anilines is 1. The second-order valence-electron chi connectivity index (χ2n) is 4.61. The second kappa shape index (κ2) is 6.65. The lowest BCUT2D eigenvalue weighted by molar-refractivity contribution is -0.116. The van der Waals surface area contributed by atoms with Crippen LogP contribution in [0, 0.1) is 5.82 Å². The van der Waals surface area contributed by atoms with Crippen LogP contribution in [0.4, 0.5) is 10.1 Å². The molecule has 3 aromatic rings. The molecule has 0 aliphatic carbocycles. The van der Waals surface area contributed by atoms with Crippen LogP contribution in [0.25, 0.3) is 0 Å². The third-order valence-electron chi connectivity index (χ3n) is 2.88. The summed E-state index contributed by atoms with van der Waals surface area (Å²) in [5.74, 6) is 0.0330. The van der Waals surface area contributed by atoms with Crippen molar-refractivity contribution in [3.8, 4) is 11.5 Å². The van der Waals surface area contributed by atoms with Crippen molar-refractivity contribution in [3.63, 3.8) is 0 Å². The predicted molar refractivity (Wildman–Crippen MR) is 79.4 cm³/mol. The summed E-state index contributed by atoms with van der Waals surface area (Å²) in [6.45, 7) is -0.0265. The van der Waals surface area contributed by atoms with Crippen molar-refractivity contribution >= 4 is 11.6 Å². The fraction of sp³-hybridized carbons (Fsp3) is 0.0667. The van der Waals surface area contributed by atoms with Crippen LogP contribution < -0.4 is 10.1 Å². The number of carbonyl (C=O) groups is 1. The highest BCUT2D eigenvalue weighted by Crippen LogP contribution is 2.29. The van der Waals surface area contributed by atoms with E-state index in [9.17, 15) is 9.18 Å². The molecule has 3 rings (SSSR count). The first-order chi connectivity index (χ1) is 11.2. The number of benzene rings is 2. The number of aromatic nitrogens is 4. The van der Waals surface area contributed by atoms with Crippen molar-refractivity contribution in [2.75, 3.05) is 5.32 Å². The summed E-state index contributed by atoms with van der Waals surface area (Å²) in [6.07, 6.45) is 1.34. The molecule has 0 atom stereocenters. The van der Waals surface area contributed by atoms with Gasteiger partial charge in [0.2, 0.25) is 5.91 Å². The minimum Gasteiger partial charge on any atom is -0.455 e. The van der Waals surface area contributed by atoms with Crippen LogP contribution in [0.1, 0.15) is 0 Å². The monoisotopic (exact) mass is 313 g/mol. The van der Waals surface area contributed by atoms with Crippen LogP contribution in [-0.4, -0.2) is 26.1 Å². The Hall–Kier alpha value is -3.29. The zero-order valence-corrected chi connectivity index (χ0v) is 11.9. The number of hydrogen-bond acceptors (Lipinski definition) is 5.